The van der Waals surface area contributed by atoms with Crippen LogP contribution in [0.1, 0.15) is 0 Å². The standard InChI is InChI=1S/C16H13N5O6/c1-26-15-4-3-11(8-16(15)27-2)19-17-9-14(18-19)10-5-12(20(22)23)7-13(6-10)21(24)25/h3-9H,1-2H3. The Morgan fingerprint density at radius 2 is 1.56 bits per heavy atom. The minimum absolute atomic E-state index is 0.211. The lowest BCUT2D eigenvalue weighted by Gasteiger charge is -2.08. The molecule has 0 aliphatic carbocycles. The van der Waals surface area contributed by atoms with Gasteiger partial charge in [-0.05, 0) is 12.1 Å². The summed E-state index contributed by atoms with van der Waals surface area (Å²) >= 11 is 0. The largest absolute Gasteiger partial charge is 0.493 e. The maximum atomic E-state index is 11.0. The molecule has 0 fully saturated rings. The lowest BCUT2D eigenvalue weighted by atomic mass is 10.1. The van der Waals surface area contributed by atoms with Crippen LogP contribution in [-0.4, -0.2) is 39.1 Å². The molecule has 0 bridgehead atoms. The van der Waals surface area contributed by atoms with Gasteiger partial charge in [-0.15, -0.1) is 5.10 Å². The molecule has 2 aromatic carbocycles. The van der Waals surface area contributed by atoms with E-state index in [4.69, 9.17) is 9.47 Å². The van der Waals surface area contributed by atoms with E-state index in [1.54, 1.807) is 18.2 Å². The van der Waals surface area contributed by atoms with Crippen molar-refractivity contribution < 1.29 is 19.3 Å². The molecule has 3 rings (SSSR count). The van der Waals surface area contributed by atoms with Crippen LogP contribution in [-0.2, 0) is 0 Å². The summed E-state index contributed by atoms with van der Waals surface area (Å²) < 4.78 is 10.4. The first-order chi connectivity index (χ1) is 12.9. The minimum Gasteiger partial charge on any atom is -0.493 e. The van der Waals surface area contributed by atoms with Gasteiger partial charge in [-0.25, -0.2) is 0 Å². The fourth-order valence-electron chi connectivity index (χ4n) is 2.42. The first kappa shape index (κ1) is 17.8. The van der Waals surface area contributed by atoms with Crippen LogP contribution in [0.4, 0.5) is 11.4 Å². The van der Waals surface area contributed by atoms with Gasteiger partial charge in [0, 0.05) is 23.8 Å². The molecular weight excluding hydrogens is 358 g/mol. The van der Waals surface area contributed by atoms with Crippen molar-refractivity contribution in [3.8, 4) is 28.4 Å². The van der Waals surface area contributed by atoms with Gasteiger partial charge in [-0.1, -0.05) is 0 Å². The summed E-state index contributed by atoms with van der Waals surface area (Å²) in [5, 5.41) is 30.4. The van der Waals surface area contributed by atoms with Gasteiger partial charge in [0.25, 0.3) is 11.4 Å². The smallest absolute Gasteiger partial charge is 0.276 e. The van der Waals surface area contributed by atoms with Gasteiger partial charge >= 0.3 is 0 Å². The van der Waals surface area contributed by atoms with Gasteiger partial charge in [0.15, 0.2) is 11.5 Å². The fraction of sp³-hybridized carbons (Fsp3) is 0.125. The van der Waals surface area contributed by atoms with Crippen molar-refractivity contribution >= 4 is 11.4 Å². The van der Waals surface area contributed by atoms with Crippen LogP contribution >= 0.6 is 0 Å². The van der Waals surface area contributed by atoms with Gasteiger partial charge < -0.3 is 9.47 Å². The van der Waals surface area contributed by atoms with E-state index in [2.05, 4.69) is 10.2 Å². The molecule has 3 aromatic rings. The van der Waals surface area contributed by atoms with E-state index < -0.39 is 21.2 Å². The molecule has 0 saturated heterocycles. The van der Waals surface area contributed by atoms with Crippen molar-refractivity contribution in [2.24, 2.45) is 0 Å². The molecule has 0 atom stereocenters. The van der Waals surface area contributed by atoms with Crippen molar-refractivity contribution in [3.63, 3.8) is 0 Å². The molecule has 0 unspecified atom stereocenters. The number of methoxy groups -OCH3 is 2. The third kappa shape index (κ3) is 3.51. The summed E-state index contributed by atoms with van der Waals surface area (Å²) in [5.74, 6) is 1.00. The van der Waals surface area contributed by atoms with Gasteiger partial charge in [-0.2, -0.15) is 9.90 Å². The van der Waals surface area contributed by atoms with Gasteiger partial charge in [0.2, 0.25) is 0 Å². The normalized spacial score (nSPS) is 10.4. The predicted molar refractivity (Wildman–Crippen MR) is 93.2 cm³/mol. The maximum absolute atomic E-state index is 11.0. The molecule has 0 spiro atoms. The van der Waals surface area contributed by atoms with Crippen LogP contribution in [0, 0.1) is 20.2 Å². The van der Waals surface area contributed by atoms with E-state index in [1.807, 2.05) is 0 Å². The Hall–Kier alpha value is -4.02. The average Bonchev–Trinajstić information content (AvgIpc) is 3.17. The second-order valence-electron chi connectivity index (χ2n) is 5.31. The first-order valence-corrected chi connectivity index (χ1v) is 7.52. The monoisotopic (exact) mass is 371 g/mol. The lowest BCUT2D eigenvalue weighted by molar-refractivity contribution is -0.394. The Morgan fingerprint density at radius 3 is 2.11 bits per heavy atom. The molecule has 0 saturated carbocycles. The lowest BCUT2D eigenvalue weighted by Crippen LogP contribution is -2.00. The number of hydrogen-bond acceptors (Lipinski definition) is 8. The number of nitro benzene ring substituents is 2. The van der Waals surface area contributed by atoms with E-state index in [0.29, 0.717) is 17.2 Å². The summed E-state index contributed by atoms with van der Waals surface area (Å²) in [5.41, 5.74) is 0.206. The molecule has 0 radical (unpaired) electrons. The highest BCUT2D eigenvalue weighted by Gasteiger charge is 2.19. The highest BCUT2D eigenvalue weighted by Crippen LogP contribution is 2.30. The molecular formula is C16H13N5O6. The summed E-state index contributed by atoms with van der Waals surface area (Å²) in [7, 11) is 3.00. The summed E-state index contributed by atoms with van der Waals surface area (Å²) in [6.45, 7) is 0. The first-order valence-electron chi connectivity index (χ1n) is 7.52. The number of nitrogens with zero attached hydrogens (tertiary/aromatic N) is 5. The van der Waals surface area contributed by atoms with Crippen LogP contribution in [0.15, 0.2) is 42.6 Å². The third-order valence-electron chi connectivity index (χ3n) is 3.71. The fourth-order valence-corrected chi connectivity index (χ4v) is 2.42. The summed E-state index contributed by atoms with van der Waals surface area (Å²) in [6, 6.07) is 8.32. The average molecular weight is 371 g/mol. The number of benzene rings is 2. The molecule has 138 valence electrons. The van der Waals surface area contributed by atoms with Crippen LogP contribution in [0.5, 0.6) is 11.5 Å². The number of non-ortho nitro benzene ring substituents is 2. The Labute approximate surface area is 152 Å². The van der Waals surface area contributed by atoms with Gasteiger partial charge in [0.1, 0.15) is 5.69 Å². The number of nitro groups is 2. The number of hydrogen-bond donors (Lipinski definition) is 0. The molecule has 0 aliphatic heterocycles. The molecule has 11 heteroatoms. The zero-order valence-electron chi connectivity index (χ0n) is 14.2. The van der Waals surface area contributed by atoms with E-state index in [1.165, 1.54) is 37.3 Å². The second-order valence-corrected chi connectivity index (χ2v) is 5.31. The Morgan fingerprint density at radius 1 is 0.926 bits per heavy atom. The summed E-state index contributed by atoms with van der Waals surface area (Å²) in [6.07, 6.45) is 1.36. The highest BCUT2D eigenvalue weighted by molar-refractivity contribution is 5.66. The van der Waals surface area contributed by atoms with Gasteiger partial charge in [-0.3, -0.25) is 20.2 Å². The molecule has 11 nitrogen and oxygen atoms in total. The topological polar surface area (TPSA) is 135 Å². The SMILES string of the molecule is COc1ccc(-n2ncc(-c3cc([N+](=O)[O-])cc([N+](=O)[O-])c3)n2)cc1OC. The molecule has 0 N–H and O–H groups in total. The Kier molecular flexibility index (Phi) is 4.66. The van der Waals surface area contributed by atoms with E-state index in [0.717, 1.165) is 6.07 Å². The van der Waals surface area contributed by atoms with Crippen molar-refractivity contribution in [1.29, 1.82) is 0 Å². The van der Waals surface area contributed by atoms with Crippen molar-refractivity contribution in [1.82, 2.24) is 15.0 Å². The molecule has 0 aliphatic rings. The zero-order valence-corrected chi connectivity index (χ0v) is 14.2. The number of ether oxygens (including phenoxy) is 2. The third-order valence-corrected chi connectivity index (χ3v) is 3.71. The van der Waals surface area contributed by atoms with Crippen LogP contribution in [0.2, 0.25) is 0 Å². The molecule has 1 heterocycles. The number of aromatic nitrogens is 3. The molecule has 1 aromatic heterocycles. The van der Waals surface area contributed by atoms with Crippen LogP contribution in [0.25, 0.3) is 16.9 Å². The van der Waals surface area contributed by atoms with Gasteiger partial charge in [0.05, 0.1) is 42.0 Å². The molecule has 0 amide bonds. The van der Waals surface area contributed by atoms with Crippen molar-refractivity contribution in [2.75, 3.05) is 14.2 Å². The second kappa shape index (κ2) is 7.07. The van der Waals surface area contributed by atoms with E-state index in [9.17, 15) is 20.2 Å². The Bertz CT molecular complexity index is 1000. The minimum atomic E-state index is -0.699. The number of rotatable bonds is 6. The van der Waals surface area contributed by atoms with Crippen molar-refractivity contribution in [3.05, 3.63) is 62.8 Å². The van der Waals surface area contributed by atoms with Crippen LogP contribution in [0.3, 0.4) is 0 Å². The summed E-state index contributed by atoms with van der Waals surface area (Å²) in [4.78, 5) is 21.9. The van der Waals surface area contributed by atoms with E-state index >= 15 is 0 Å². The maximum Gasteiger partial charge on any atom is 0.276 e. The van der Waals surface area contributed by atoms with Crippen LogP contribution < -0.4 is 9.47 Å². The van der Waals surface area contributed by atoms with E-state index in [-0.39, 0.29) is 11.3 Å². The van der Waals surface area contributed by atoms with Crippen molar-refractivity contribution in [2.45, 2.75) is 0 Å². The molecule has 27 heavy (non-hydrogen) atoms. The quantitative estimate of drug-likeness (QED) is 0.476. The Balaban J connectivity index is 2.03. The highest BCUT2D eigenvalue weighted by atomic mass is 16.6. The predicted octanol–water partition coefficient (Wildman–Crippen LogP) is 2.77. The zero-order chi connectivity index (χ0) is 19.6.